The maximum Gasteiger partial charge on any atom is 0.325 e. The predicted molar refractivity (Wildman–Crippen MR) is 92.5 cm³/mol. The molecule has 1 unspecified atom stereocenters. The topological polar surface area (TPSA) is 59.0 Å². The monoisotopic (exact) mass is 329 g/mol. The van der Waals surface area contributed by atoms with E-state index in [0.717, 1.165) is 22.1 Å². The summed E-state index contributed by atoms with van der Waals surface area (Å²) in [5, 5.41) is 11.8. The number of methoxy groups -OCH3 is 1. The van der Waals surface area contributed by atoms with E-state index in [0.29, 0.717) is 19.7 Å². The van der Waals surface area contributed by atoms with Crippen LogP contribution in [0.15, 0.2) is 36.4 Å². The molecule has 0 aliphatic carbocycles. The molecule has 1 N–H and O–H groups in total. The van der Waals surface area contributed by atoms with E-state index in [2.05, 4.69) is 0 Å². The number of aliphatic carboxylic acids is 1. The number of carbonyl (C=O) groups is 1. The molecule has 1 fully saturated rings. The number of hydrogen-bond acceptors (Lipinski definition) is 4. The third-order valence-corrected chi connectivity index (χ3v) is 4.44. The number of hydrogen-bond donors (Lipinski definition) is 1. The van der Waals surface area contributed by atoms with Crippen LogP contribution in [0.5, 0.6) is 5.75 Å². The van der Waals surface area contributed by atoms with Crippen molar-refractivity contribution in [1.29, 1.82) is 0 Å². The standard InChI is InChI=1S/C19H23NO4/c1-19(2)12-20(8-9-24-19)17(18(21)22)15-5-4-14-11-16(23-3)7-6-13(14)10-15/h4-7,10-11,17H,8-9,12H2,1-3H3,(H,21,22). The lowest BCUT2D eigenvalue weighted by atomic mass is 9.98. The Morgan fingerprint density at radius 1 is 1.25 bits per heavy atom. The van der Waals surface area contributed by atoms with Gasteiger partial charge in [0.1, 0.15) is 11.8 Å². The largest absolute Gasteiger partial charge is 0.497 e. The van der Waals surface area contributed by atoms with Crippen molar-refractivity contribution in [2.75, 3.05) is 26.8 Å². The molecule has 24 heavy (non-hydrogen) atoms. The van der Waals surface area contributed by atoms with Gasteiger partial charge < -0.3 is 14.6 Å². The molecule has 2 aromatic carbocycles. The van der Waals surface area contributed by atoms with Gasteiger partial charge in [-0.3, -0.25) is 9.69 Å². The summed E-state index contributed by atoms with van der Waals surface area (Å²) in [6, 6.07) is 10.9. The number of morpholine rings is 1. The molecule has 0 amide bonds. The molecule has 1 saturated heterocycles. The molecule has 0 aromatic heterocycles. The van der Waals surface area contributed by atoms with Crippen molar-refractivity contribution in [1.82, 2.24) is 4.90 Å². The van der Waals surface area contributed by atoms with Crippen LogP contribution < -0.4 is 4.74 Å². The van der Waals surface area contributed by atoms with Gasteiger partial charge in [0.05, 0.1) is 19.3 Å². The number of rotatable bonds is 4. The van der Waals surface area contributed by atoms with Crippen LogP contribution in [0.2, 0.25) is 0 Å². The third-order valence-electron chi connectivity index (χ3n) is 4.44. The van der Waals surface area contributed by atoms with Gasteiger partial charge in [-0.1, -0.05) is 18.2 Å². The molecule has 1 atom stereocenters. The van der Waals surface area contributed by atoms with E-state index in [-0.39, 0.29) is 5.60 Å². The van der Waals surface area contributed by atoms with Gasteiger partial charge in [0.2, 0.25) is 0 Å². The predicted octanol–water partition coefficient (Wildman–Crippen LogP) is 3.08. The van der Waals surface area contributed by atoms with Gasteiger partial charge >= 0.3 is 5.97 Å². The van der Waals surface area contributed by atoms with Gasteiger partial charge in [0, 0.05) is 13.1 Å². The molecule has 1 aliphatic rings. The summed E-state index contributed by atoms with van der Waals surface area (Å²) in [7, 11) is 1.64. The first-order chi connectivity index (χ1) is 11.4. The average molecular weight is 329 g/mol. The highest BCUT2D eigenvalue weighted by molar-refractivity contribution is 5.86. The molecule has 128 valence electrons. The van der Waals surface area contributed by atoms with Crippen LogP contribution in [-0.2, 0) is 9.53 Å². The molecule has 0 spiro atoms. The van der Waals surface area contributed by atoms with Crippen molar-refractivity contribution >= 4 is 16.7 Å². The first-order valence-electron chi connectivity index (χ1n) is 8.08. The number of nitrogens with zero attached hydrogens (tertiary/aromatic N) is 1. The fourth-order valence-corrected chi connectivity index (χ4v) is 3.32. The maximum absolute atomic E-state index is 11.9. The third kappa shape index (κ3) is 3.37. The lowest BCUT2D eigenvalue weighted by Gasteiger charge is -2.40. The second-order valence-electron chi connectivity index (χ2n) is 6.79. The maximum atomic E-state index is 11.9. The zero-order valence-electron chi connectivity index (χ0n) is 14.3. The highest BCUT2D eigenvalue weighted by atomic mass is 16.5. The molecule has 0 radical (unpaired) electrons. The van der Waals surface area contributed by atoms with Gasteiger partial charge in [-0.15, -0.1) is 0 Å². The second-order valence-corrected chi connectivity index (χ2v) is 6.79. The van der Waals surface area contributed by atoms with E-state index in [9.17, 15) is 9.90 Å². The van der Waals surface area contributed by atoms with Crippen LogP contribution in [0.4, 0.5) is 0 Å². The van der Waals surface area contributed by atoms with E-state index in [1.807, 2.05) is 55.1 Å². The average Bonchev–Trinajstić information content (AvgIpc) is 2.53. The van der Waals surface area contributed by atoms with E-state index in [4.69, 9.17) is 9.47 Å². The molecule has 2 aromatic rings. The molecule has 0 saturated carbocycles. The minimum Gasteiger partial charge on any atom is -0.497 e. The Morgan fingerprint density at radius 2 is 1.96 bits per heavy atom. The quantitative estimate of drug-likeness (QED) is 0.934. The minimum absolute atomic E-state index is 0.337. The smallest absolute Gasteiger partial charge is 0.325 e. The molecule has 5 nitrogen and oxygen atoms in total. The van der Waals surface area contributed by atoms with Crippen LogP contribution in [0, 0.1) is 0 Å². The summed E-state index contributed by atoms with van der Waals surface area (Å²) in [4.78, 5) is 13.9. The first kappa shape index (κ1) is 16.7. The second kappa shape index (κ2) is 6.42. The van der Waals surface area contributed by atoms with E-state index >= 15 is 0 Å². The zero-order chi connectivity index (χ0) is 17.3. The molecule has 3 rings (SSSR count). The number of carboxylic acid groups (broad SMARTS) is 1. The highest BCUT2D eigenvalue weighted by Gasteiger charge is 2.35. The lowest BCUT2D eigenvalue weighted by molar-refractivity contribution is -0.151. The van der Waals surface area contributed by atoms with Gasteiger partial charge in [-0.05, 0) is 48.4 Å². The van der Waals surface area contributed by atoms with Gasteiger partial charge in [-0.2, -0.15) is 0 Å². The van der Waals surface area contributed by atoms with Crippen molar-refractivity contribution in [2.45, 2.75) is 25.5 Å². The number of fused-ring (bicyclic) bond motifs is 1. The Bertz CT molecular complexity index is 756. The van der Waals surface area contributed by atoms with Crippen LogP contribution in [0.3, 0.4) is 0 Å². The van der Waals surface area contributed by atoms with E-state index in [1.54, 1.807) is 7.11 Å². The van der Waals surface area contributed by atoms with Gasteiger partial charge in [-0.25, -0.2) is 0 Å². The van der Waals surface area contributed by atoms with Gasteiger partial charge in [0.15, 0.2) is 0 Å². The van der Waals surface area contributed by atoms with Crippen LogP contribution in [0.25, 0.3) is 10.8 Å². The van der Waals surface area contributed by atoms with Crippen LogP contribution in [-0.4, -0.2) is 48.4 Å². The fourth-order valence-electron chi connectivity index (χ4n) is 3.32. The number of carboxylic acids is 1. The zero-order valence-corrected chi connectivity index (χ0v) is 14.3. The SMILES string of the molecule is COc1ccc2cc(C(C(=O)O)N3CCOC(C)(C)C3)ccc2c1. The molecule has 0 bridgehead atoms. The molecular formula is C19H23NO4. The fraction of sp³-hybridized carbons (Fsp3) is 0.421. The Hall–Kier alpha value is -2.11. The van der Waals surface area contributed by atoms with E-state index in [1.165, 1.54) is 0 Å². The Morgan fingerprint density at radius 3 is 2.62 bits per heavy atom. The normalized spacial score (nSPS) is 19.1. The minimum atomic E-state index is -0.833. The number of benzene rings is 2. The Balaban J connectivity index is 1.96. The first-order valence-corrected chi connectivity index (χ1v) is 8.08. The molecular weight excluding hydrogens is 306 g/mol. The lowest BCUT2D eigenvalue weighted by Crippen LogP contribution is -2.51. The summed E-state index contributed by atoms with van der Waals surface area (Å²) in [6.45, 7) is 5.72. The summed E-state index contributed by atoms with van der Waals surface area (Å²) in [5.74, 6) is -0.0412. The summed E-state index contributed by atoms with van der Waals surface area (Å²) in [6.07, 6.45) is 0. The van der Waals surface area contributed by atoms with Crippen molar-refractivity contribution in [3.63, 3.8) is 0 Å². The van der Waals surface area contributed by atoms with Gasteiger partial charge in [0.25, 0.3) is 0 Å². The Labute approximate surface area is 141 Å². The summed E-state index contributed by atoms with van der Waals surface area (Å²) >= 11 is 0. The molecule has 1 aliphatic heterocycles. The van der Waals surface area contributed by atoms with Crippen LogP contribution >= 0.6 is 0 Å². The van der Waals surface area contributed by atoms with Crippen molar-refractivity contribution in [3.8, 4) is 5.75 Å². The number of ether oxygens (including phenoxy) is 2. The Kier molecular flexibility index (Phi) is 4.47. The van der Waals surface area contributed by atoms with E-state index < -0.39 is 12.0 Å². The summed E-state index contributed by atoms with van der Waals surface area (Å²) < 4.78 is 10.9. The molecule has 5 heteroatoms. The van der Waals surface area contributed by atoms with Crippen molar-refractivity contribution in [3.05, 3.63) is 42.0 Å². The van der Waals surface area contributed by atoms with Crippen molar-refractivity contribution < 1.29 is 19.4 Å². The van der Waals surface area contributed by atoms with Crippen molar-refractivity contribution in [2.24, 2.45) is 0 Å². The van der Waals surface area contributed by atoms with Crippen LogP contribution in [0.1, 0.15) is 25.5 Å². The summed E-state index contributed by atoms with van der Waals surface area (Å²) in [5.41, 5.74) is 0.453. The molecule has 1 heterocycles. The highest BCUT2D eigenvalue weighted by Crippen LogP contribution is 2.30.